The first kappa shape index (κ1) is 14.9. The lowest BCUT2D eigenvalue weighted by atomic mass is 10.1. The standard InChI is InChI=1S/C13H18N2O4/c1-3-4-7-10(12(16)17)15-11-9(13(18)19-2)6-5-8-14-11/h5-6,8,10H,3-4,7H2,1-2H3,(H,14,15)(H,16,17). The Morgan fingerprint density at radius 3 is 2.84 bits per heavy atom. The number of unbranched alkanes of at least 4 members (excludes halogenated alkanes) is 1. The summed E-state index contributed by atoms with van der Waals surface area (Å²) in [4.78, 5) is 26.7. The van der Waals surface area contributed by atoms with Crippen molar-refractivity contribution in [1.29, 1.82) is 0 Å². The van der Waals surface area contributed by atoms with E-state index in [1.807, 2.05) is 6.92 Å². The number of rotatable bonds is 7. The number of carbonyl (C=O) groups excluding carboxylic acids is 1. The SMILES string of the molecule is CCCCC(Nc1ncccc1C(=O)OC)C(=O)O. The number of hydrogen-bond acceptors (Lipinski definition) is 5. The van der Waals surface area contributed by atoms with Crippen LogP contribution in [0.15, 0.2) is 18.3 Å². The molecule has 0 aliphatic rings. The molecule has 19 heavy (non-hydrogen) atoms. The smallest absolute Gasteiger partial charge is 0.341 e. The average Bonchev–Trinajstić information content (AvgIpc) is 2.42. The van der Waals surface area contributed by atoms with Gasteiger partial charge in [-0.15, -0.1) is 0 Å². The zero-order valence-electron chi connectivity index (χ0n) is 11.0. The summed E-state index contributed by atoms with van der Waals surface area (Å²) in [7, 11) is 1.27. The number of carboxylic acids is 1. The van der Waals surface area contributed by atoms with E-state index in [-0.39, 0.29) is 11.4 Å². The van der Waals surface area contributed by atoms with Gasteiger partial charge in [-0.3, -0.25) is 0 Å². The predicted molar refractivity (Wildman–Crippen MR) is 70.1 cm³/mol. The summed E-state index contributed by atoms with van der Waals surface area (Å²) < 4.78 is 4.63. The quantitative estimate of drug-likeness (QED) is 0.733. The Hall–Kier alpha value is -2.11. The number of pyridine rings is 1. The highest BCUT2D eigenvalue weighted by Gasteiger charge is 2.20. The largest absolute Gasteiger partial charge is 0.480 e. The molecule has 6 heteroatoms. The number of carbonyl (C=O) groups is 2. The highest BCUT2D eigenvalue weighted by molar-refractivity contribution is 5.95. The summed E-state index contributed by atoms with van der Waals surface area (Å²) in [5, 5.41) is 11.9. The van der Waals surface area contributed by atoms with Gasteiger partial charge in [0.1, 0.15) is 17.4 Å². The zero-order chi connectivity index (χ0) is 14.3. The minimum absolute atomic E-state index is 0.229. The van der Waals surface area contributed by atoms with Gasteiger partial charge in [-0.05, 0) is 18.6 Å². The molecule has 1 aromatic heterocycles. The summed E-state index contributed by atoms with van der Waals surface area (Å²) >= 11 is 0. The van der Waals surface area contributed by atoms with Crippen LogP contribution in [0.3, 0.4) is 0 Å². The molecule has 0 saturated carbocycles. The first-order valence-corrected chi connectivity index (χ1v) is 6.12. The second-order valence-electron chi connectivity index (χ2n) is 4.07. The van der Waals surface area contributed by atoms with Gasteiger partial charge in [-0.2, -0.15) is 0 Å². The van der Waals surface area contributed by atoms with Crippen molar-refractivity contribution in [3.63, 3.8) is 0 Å². The van der Waals surface area contributed by atoms with Gasteiger partial charge in [0.05, 0.1) is 7.11 Å². The Balaban J connectivity index is 2.89. The molecule has 1 atom stereocenters. The number of ether oxygens (including phenoxy) is 1. The molecule has 0 bridgehead atoms. The molecule has 0 aliphatic carbocycles. The van der Waals surface area contributed by atoms with Gasteiger partial charge in [0.25, 0.3) is 0 Å². The number of esters is 1. The number of anilines is 1. The van der Waals surface area contributed by atoms with E-state index in [9.17, 15) is 9.59 Å². The Kier molecular flexibility index (Phi) is 5.78. The molecule has 1 unspecified atom stereocenters. The molecule has 1 rings (SSSR count). The van der Waals surface area contributed by atoms with E-state index in [4.69, 9.17) is 5.11 Å². The number of nitrogens with zero attached hydrogens (tertiary/aromatic N) is 1. The average molecular weight is 266 g/mol. The molecule has 6 nitrogen and oxygen atoms in total. The van der Waals surface area contributed by atoms with Crippen LogP contribution in [-0.4, -0.2) is 35.2 Å². The highest BCUT2D eigenvalue weighted by atomic mass is 16.5. The van der Waals surface area contributed by atoms with Crippen LogP contribution in [0.1, 0.15) is 36.5 Å². The van der Waals surface area contributed by atoms with Crippen molar-refractivity contribution in [2.75, 3.05) is 12.4 Å². The van der Waals surface area contributed by atoms with E-state index in [1.165, 1.54) is 13.3 Å². The molecule has 0 aliphatic heterocycles. The molecule has 0 aromatic carbocycles. The van der Waals surface area contributed by atoms with Crippen LogP contribution in [-0.2, 0) is 9.53 Å². The number of methoxy groups -OCH3 is 1. The molecule has 0 fully saturated rings. The van der Waals surface area contributed by atoms with Crippen molar-refractivity contribution in [2.24, 2.45) is 0 Å². The summed E-state index contributed by atoms with van der Waals surface area (Å²) in [5.74, 6) is -1.27. The van der Waals surface area contributed by atoms with E-state index in [0.29, 0.717) is 6.42 Å². The summed E-state index contributed by atoms with van der Waals surface area (Å²) in [6.45, 7) is 1.99. The lowest BCUT2D eigenvalue weighted by molar-refractivity contribution is -0.138. The minimum atomic E-state index is -0.963. The Labute approximate surface area is 111 Å². The summed E-state index contributed by atoms with van der Waals surface area (Å²) in [5.41, 5.74) is 0.229. The maximum Gasteiger partial charge on any atom is 0.341 e. The molecule has 0 radical (unpaired) electrons. The fourth-order valence-electron chi connectivity index (χ4n) is 1.63. The maximum absolute atomic E-state index is 11.5. The zero-order valence-corrected chi connectivity index (χ0v) is 11.0. The highest BCUT2D eigenvalue weighted by Crippen LogP contribution is 2.15. The monoisotopic (exact) mass is 266 g/mol. The lowest BCUT2D eigenvalue weighted by Crippen LogP contribution is -2.30. The molecule has 0 saturated heterocycles. The minimum Gasteiger partial charge on any atom is -0.480 e. The summed E-state index contributed by atoms with van der Waals surface area (Å²) in [6, 6.07) is 2.37. The van der Waals surface area contributed by atoms with Crippen LogP contribution in [0.5, 0.6) is 0 Å². The van der Waals surface area contributed by atoms with Gasteiger partial charge < -0.3 is 15.2 Å². The molecule has 104 valence electrons. The second-order valence-corrected chi connectivity index (χ2v) is 4.07. The Morgan fingerprint density at radius 2 is 2.26 bits per heavy atom. The third kappa shape index (κ3) is 4.24. The number of aliphatic carboxylic acids is 1. The fraction of sp³-hybridized carbons (Fsp3) is 0.462. The van der Waals surface area contributed by atoms with E-state index >= 15 is 0 Å². The third-order valence-electron chi connectivity index (χ3n) is 2.67. The van der Waals surface area contributed by atoms with Gasteiger partial charge in [0.2, 0.25) is 0 Å². The molecule has 0 amide bonds. The molecule has 0 spiro atoms. The van der Waals surface area contributed by atoms with Crippen LogP contribution in [0, 0.1) is 0 Å². The van der Waals surface area contributed by atoms with Crippen LogP contribution in [0.25, 0.3) is 0 Å². The topological polar surface area (TPSA) is 88.5 Å². The number of hydrogen-bond donors (Lipinski definition) is 2. The fourth-order valence-corrected chi connectivity index (χ4v) is 1.63. The van der Waals surface area contributed by atoms with Gasteiger partial charge in [-0.25, -0.2) is 14.6 Å². The van der Waals surface area contributed by atoms with Crippen molar-refractivity contribution in [2.45, 2.75) is 32.2 Å². The van der Waals surface area contributed by atoms with Crippen LogP contribution < -0.4 is 5.32 Å². The molecule has 1 aromatic rings. The van der Waals surface area contributed by atoms with Gasteiger partial charge in [0.15, 0.2) is 0 Å². The van der Waals surface area contributed by atoms with Crippen LogP contribution in [0.2, 0.25) is 0 Å². The molecular weight excluding hydrogens is 248 g/mol. The van der Waals surface area contributed by atoms with Crippen molar-refractivity contribution in [1.82, 2.24) is 4.98 Å². The third-order valence-corrected chi connectivity index (χ3v) is 2.67. The van der Waals surface area contributed by atoms with E-state index in [2.05, 4.69) is 15.0 Å². The van der Waals surface area contributed by atoms with Gasteiger partial charge in [-0.1, -0.05) is 19.8 Å². The van der Waals surface area contributed by atoms with Crippen molar-refractivity contribution >= 4 is 17.8 Å². The first-order valence-electron chi connectivity index (χ1n) is 6.12. The van der Waals surface area contributed by atoms with Crippen molar-refractivity contribution in [3.05, 3.63) is 23.9 Å². The second kappa shape index (κ2) is 7.35. The summed E-state index contributed by atoms with van der Waals surface area (Å²) in [6.07, 6.45) is 3.65. The van der Waals surface area contributed by atoms with Crippen LogP contribution >= 0.6 is 0 Å². The first-order chi connectivity index (χ1) is 9.10. The maximum atomic E-state index is 11.5. The van der Waals surface area contributed by atoms with E-state index in [1.54, 1.807) is 12.1 Å². The van der Waals surface area contributed by atoms with Crippen LogP contribution in [0.4, 0.5) is 5.82 Å². The van der Waals surface area contributed by atoms with E-state index in [0.717, 1.165) is 12.8 Å². The number of nitrogens with one attached hydrogen (secondary N) is 1. The normalized spacial score (nSPS) is 11.7. The van der Waals surface area contributed by atoms with E-state index < -0.39 is 18.0 Å². The van der Waals surface area contributed by atoms with Gasteiger partial charge >= 0.3 is 11.9 Å². The lowest BCUT2D eigenvalue weighted by Gasteiger charge is -2.16. The Morgan fingerprint density at radius 1 is 1.53 bits per heavy atom. The van der Waals surface area contributed by atoms with Crippen molar-refractivity contribution < 1.29 is 19.4 Å². The molecular formula is C13H18N2O4. The number of carboxylic acid groups (broad SMARTS) is 1. The number of aromatic nitrogens is 1. The van der Waals surface area contributed by atoms with Gasteiger partial charge in [0, 0.05) is 6.20 Å². The Bertz CT molecular complexity index is 448. The van der Waals surface area contributed by atoms with Crippen molar-refractivity contribution in [3.8, 4) is 0 Å². The molecule has 2 N–H and O–H groups in total. The predicted octanol–water partition coefficient (Wildman–Crippen LogP) is 1.92. The molecule has 1 heterocycles.